The molecule has 10 heteroatoms. The molecule has 3 rings (SSSR count). The van der Waals surface area contributed by atoms with Crippen molar-refractivity contribution in [2.75, 3.05) is 5.32 Å². The molecule has 1 aliphatic carbocycles. The Kier molecular flexibility index (Phi) is 4.58. The maximum atomic E-state index is 13.2. The summed E-state index contributed by atoms with van der Waals surface area (Å²) in [5.74, 6) is -1.61. The third-order valence-electron chi connectivity index (χ3n) is 3.71. The number of nitrogens with zero attached hydrogens (tertiary/aromatic N) is 2. The third kappa shape index (κ3) is 3.79. The summed E-state index contributed by atoms with van der Waals surface area (Å²) in [6, 6.07) is 8.09. The number of hydrogen-bond acceptors (Lipinski definition) is 4. The van der Waals surface area contributed by atoms with Crippen LogP contribution in [-0.4, -0.2) is 26.9 Å². The van der Waals surface area contributed by atoms with Gasteiger partial charge in [0.1, 0.15) is 12.3 Å². The monoisotopic (exact) mass is 369 g/mol. The second-order valence-corrected chi connectivity index (χ2v) is 5.74. The number of anilines is 1. The summed E-state index contributed by atoms with van der Waals surface area (Å²) in [4.78, 5) is 23.4. The molecule has 0 unspecified atom stereocenters. The van der Waals surface area contributed by atoms with Crippen LogP contribution in [0, 0.1) is 0 Å². The Bertz CT molecular complexity index is 829. The topological polar surface area (TPSA) is 93.5 Å². The van der Waals surface area contributed by atoms with Gasteiger partial charge in [-0.15, -0.1) is 0 Å². The van der Waals surface area contributed by atoms with Gasteiger partial charge in [0.2, 0.25) is 0 Å². The number of benzene rings is 1. The van der Waals surface area contributed by atoms with Crippen LogP contribution in [0.1, 0.15) is 40.6 Å². The van der Waals surface area contributed by atoms with Crippen molar-refractivity contribution in [1.29, 1.82) is 0 Å². The van der Waals surface area contributed by atoms with Crippen molar-refractivity contribution in [3.05, 3.63) is 47.3 Å². The fourth-order valence-corrected chi connectivity index (χ4v) is 2.40. The van der Waals surface area contributed by atoms with Gasteiger partial charge in [-0.05, 0) is 18.4 Å². The lowest BCUT2D eigenvalue weighted by atomic mass is 10.2. The molecule has 2 aromatic rings. The van der Waals surface area contributed by atoms with E-state index in [4.69, 9.17) is 4.74 Å². The number of aromatic nitrogens is 2. The molecule has 1 saturated carbocycles. The molecule has 0 spiro atoms. The highest BCUT2D eigenvalue weighted by Gasteiger charge is 2.43. The van der Waals surface area contributed by atoms with E-state index >= 15 is 0 Å². The molecule has 7 nitrogen and oxygen atoms in total. The number of amides is 1. The van der Waals surface area contributed by atoms with Crippen LogP contribution in [0.3, 0.4) is 0 Å². The summed E-state index contributed by atoms with van der Waals surface area (Å²) >= 11 is 0. The second-order valence-electron chi connectivity index (χ2n) is 5.74. The van der Waals surface area contributed by atoms with E-state index < -0.39 is 41.4 Å². The van der Waals surface area contributed by atoms with E-state index in [0.717, 1.165) is 4.68 Å². The first-order valence-electron chi connectivity index (χ1n) is 7.68. The van der Waals surface area contributed by atoms with Gasteiger partial charge in [-0.3, -0.25) is 10.00 Å². The minimum absolute atomic E-state index is 0.173. The highest BCUT2D eigenvalue weighted by atomic mass is 19.4. The first kappa shape index (κ1) is 17.8. The van der Waals surface area contributed by atoms with Gasteiger partial charge < -0.3 is 9.84 Å². The predicted molar refractivity (Wildman–Crippen MR) is 82.7 cm³/mol. The van der Waals surface area contributed by atoms with E-state index in [1.54, 1.807) is 30.3 Å². The standard InChI is InChI=1S/C16H14F3N3O4/c17-16(18,19)13-11(12(14(23)24)22(21-13)10-6-7-10)20-15(25)26-8-9-4-2-1-3-5-9/h1-5,10H,6-8H2,(H,20,25)(H,23,24). The molecule has 1 aliphatic rings. The number of carbonyl (C=O) groups excluding carboxylic acids is 1. The molecule has 26 heavy (non-hydrogen) atoms. The van der Waals surface area contributed by atoms with Gasteiger partial charge in [0.05, 0.1) is 6.04 Å². The number of halogens is 3. The zero-order chi connectivity index (χ0) is 18.9. The maximum Gasteiger partial charge on any atom is 0.437 e. The van der Waals surface area contributed by atoms with Gasteiger partial charge in [0.25, 0.3) is 0 Å². The van der Waals surface area contributed by atoms with Crippen LogP contribution >= 0.6 is 0 Å². The Morgan fingerprint density at radius 2 is 1.92 bits per heavy atom. The summed E-state index contributed by atoms with van der Waals surface area (Å²) in [7, 11) is 0. The second kappa shape index (κ2) is 6.70. The van der Waals surface area contributed by atoms with Crippen LogP contribution in [0.2, 0.25) is 0 Å². The summed E-state index contributed by atoms with van der Waals surface area (Å²) < 4.78 is 45.4. The molecule has 0 aliphatic heterocycles. The van der Waals surface area contributed by atoms with Gasteiger partial charge in [-0.2, -0.15) is 18.3 Å². The Morgan fingerprint density at radius 3 is 2.46 bits per heavy atom. The van der Waals surface area contributed by atoms with Gasteiger partial charge >= 0.3 is 18.2 Å². The summed E-state index contributed by atoms with van der Waals surface area (Å²) in [5, 5.41) is 14.6. The predicted octanol–water partition coefficient (Wildman–Crippen LogP) is 3.68. The summed E-state index contributed by atoms with van der Waals surface area (Å²) in [5.41, 5.74) is -2.45. The third-order valence-corrected chi connectivity index (χ3v) is 3.71. The average molecular weight is 369 g/mol. The molecule has 2 N–H and O–H groups in total. The summed E-state index contributed by atoms with van der Waals surface area (Å²) in [6.45, 7) is -0.173. The van der Waals surface area contributed by atoms with Crippen LogP contribution in [0.4, 0.5) is 23.7 Å². The van der Waals surface area contributed by atoms with Gasteiger partial charge in [-0.1, -0.05) is 30.3 Å². The molecule has 1 heterocycles. The zero-order valence-electron chi connectivity index (χ0n) is 13.3. The Labute approximate surface area is 145 Å². The minimum atomic E-state index is -4.92. The van der Waals surface area contributed by atoms with Crippen molar-refractivity contribution in [2.45, 2.75) is 31.7 Å². The van der Waals surface area contributed by atoms with E-state index in [9.17, 15) is 27.9 Å². The van der Waals surface area contributed by atoms with Gasteiger partial charge in [0.15, 0.2) is 11.4 Å². The van der Waals surface area contributed by atoms with E-state index in [-0.39, 0.29) is 6.61 Å². The lowest BCUT2D eigenvalue weighted by Crippen LogP contribution is -2.19. The first-order valence-corrected chi connectivity index (χ1v) is 7.68. The molecule has 1 aromatic carbocycles. The van der Waals surface area contributed by atoms with Crippen molar-refractivity contribution in [3.63, 3.8) is 0 Å². The minimum Gasteiger partial charge on any atom is -0.476 e. The van der Waals surface area contributed by atoms with Gasteiger partial charge in [0, 0.05) is 0 Å². The number of aromatic carboxylic acids is 1. The molecule has 0 bridgehead atoms. The van der Waals surface area contributed by atoms with Crippen LogP contribution in [0.15, 0.2) is 30.3 Å². The highest BCUT2D eigenvalue weighted by molar-refractivity contribution is 5.98. The van der Waals surface area contributed by atoms with E-state index in [1.165, 1.54) is 0 Å². The summed E-state index contributed by atoms with van der Waals surface area (Å²) in [6.07, 6.45) is -5.07. The Balaban J connectivity index is 1.85. The highest BCUT2D eigenvalue weighted by Crippen LogP contribution is 2.42. The SMILES string of the molecule is O=C(Nc1c(C(F)(F)F)nn(C2CC2)c1C(=O)O)OCc1ccccc1. The number of nitrogens with one attached hydrogen (secondary N) is 1. The molecule has 1 fully saturated rings. The molecule has 1 aromatic heterocycles. The number of carboxylic acid groups (broad SMARTS) is 1. The van der Waals surface area contributed by atoms with Crippen molar-refractivity contribution in [1.82, 2.24) is 9.78 Å². The van der Waals surface area contributed by atoms with Crippen LogP contribution < -0.4 is 5.32 Å². The molecule has 0 radical (unpaired) electrons. The van der Waals surface area contributed by atoms with Crippen LogP contribution in [0.5, 0.6) is 0 Å². The Morgan fingerprint density at radius 1 is 1.27 bits per heavy atom. The van der Waals surface area contributed by atoms with Crippen molar-refractivity contribution in [2.24, 2.45) is 0 Å². The molecular formula is C16H14F3N3O4. The number of carboxylic acids is 1. The van der Waals surface area contributed by atoms with Crippen molar-refractivity contribution in [3.8, 4) is 0 Å². The van der Waals surface area contributed by atoms with Gasteiger partial charge in [-0.25, -0.2) is 9.59 Å². The van der Waals surface area contributed by atoms with E-state index in [2.05, 4.69) is 5.10 Å². The molecule has 1 amide bonds. The van der Waals surface area contributed by atoms with Crippen molar-refractivity contribution < 1.29 is 32.6 Å². The van der Waals surface area contributed by atoms with E-state index in [0.29, 0.717) is 18.4 Å². The normalized spacial score (nSPS) is 14.1. The number of hydrogen-bond donors (Lipinski definition) is 2. The first-order chi connectivity index (χ1) is 12.3. The molecule has 138 valence electrons. The lowest BCUT2D eigenvalue weighted by molar-refractivity contribution is -0.140. The lowest BCUT2D eigenvalue weighted by Gasteiger charge is -2.10. The fourth-order valence-electron chi connectivity index (χ4n) is 2.40. The fraction of sp³-hybridized carbons (Fsp3) is 0.312. The Hall–Kier alpha value is -3.04. The number of rotatable bonds is 5. The van der Waals surface area contributed by atoms with Crippen LogP contribution in [0.25, 0.3) is 0 Å². The molecule has 0 atom stereocenters. The van der Waals surface area contributed by atoms with Crippen LogP contribution in [-0.2, 0) is 17.5 Å². The number of ether oxygens (including phenoxy) is 1. The smallest absolute Gasteiger partial charge is 0.437 e. The average Bonchev–Trinajstić information content (AvgIpc) is 3.34. The molecular weight excluding hydrogens is 355 g/mol. The quantitative estimate of drug-likeness (QED) is 0.839. The largest absolute Gasteiger partial charge is 0.476 e. The molecule has 0 saturated heterocycles. The number of alkyl halides is 3. The maximum absolute atomic E-state index is 13.2. The van der Waals surface area contributed by atoms with Crippen molar-refractivity contribution >= 4 is 17.7 Å². The number of carbonyl (C=O) groups is 2. The van der Waals surface area contributed by atoms with E-state index in [1.807, 2.05) is 5.32 Å². The zero-order valence-corrected chi connectivity index (χ0v) is 13.3.